The fraction of sp³-hybridized carbons (Fsp3) is 0.125. The number of rotatable bonds is 2. The second-order valence-electron chi connectivity index (χ2n) is 4.82. The van der Waals surface area contributed by atoms with Crippen molar-refractivity contribution in [3.8, 4) is 0 Å². The Morgan fingerprint density at radius 2 is 1.95 bits per heavy atom. The fourth-order valence-electron chi connectivity index (χ4n) is 2.21. The van der Waals surface area contributed by atoms with Gasteiger partial charge in [0.15, 0.2) is 0 Å². The number of hydrogen-bond acceptors (Lipinski definition) is 2. The maximum Gasteiger partial charge on any atom is 0.272 e. The first-order chi connectivity index (χ1) is 9.65. The van der Waals surface area contributed by atoms with Gasteiger partial charge in [-0.15, -0.1) is 0 Å². The minimum atomic E-state index is -0.130. The van der Waals surface area contributed by atoms with Crippen LogP contribution >= 0.6 is 0 Å². The average Bonchev–Trinajstić information content (AvgIpc) is 2.79. The second kappa shape index (κ2) is 4.81. The predicted octanol–water partition coefficient (Wildman–Crippen LogP) is 3.13. The van der Waals surface area contributed by atoms with E-state index in [1.54, 1.807) is 12.3 Å². The van der Waals surface area contributed by atoms with Crippen LogP contribution in [0.25, 0.3) is 11.0 Å². The number of carbonyl (C=O) groups excluding carboxylic acids is 1. The minimum Gasteiger partial charge on any atom is -0.338 e. The van der Waals surface area contributed by atoms with Gasteiger partial charge >= 0.3 is 0 Å². The van der Waals surface area contributed by atoms with Gasteiger partial charge in [-0.3, -0.25) is 9.78 Å². The van der Waals surface area contributed by atoms with Crippen molar-refractivity contribution in [3.63, 3.8) is 0 Å². The molecule has 100 valence electrons. The lowest BCUT2D eigenvalue weighted by Gasteiger charge is -2.06. The largest absolute Gasteiger partial charge is 0.338 e. The van der Waals surface area contributed by atoms with Gasteiger partial charge in [0.05, 0.1) is 11.0 Å². The molecule has 2 heterocycles. The highest BCUT2D eigenvalue weighted by atomic mass is 16.1. The van der Waals surface area contributed by atoms with Gasteiger partial charge in [-0.2, -0.15) is 0 Å². The van der Waals surface area contributed by atoms with Crippen molar-refractivity contribution >= 4 is 22.6 Å². The van der Waals surface area contributed by atoms with Crippen molar-refractivity contribution in [1.29, 1.82) is 0 Å². The topological polar surface area (TPSA) is 46.9 Å². The van der Waals surface area contributed by atoms with Gasteiger partial charge in [-0.05, 0) is 37.3 Å². The van der Waals surface area contributed by atoms with Crippen LogP contribution < -0.4 is 5.32 Å². The molecule has 0 saturated carbocycles. The lowest BCUT2D eigenvalue weighted by atomic mass is 10.2. The third-order valence-electron chi connectivity index (χ3n) is 3.35. The van der Waals surface area contributed by atoms with Crippen molar-refractivity contribution in [2.75, 3.05) is 5.32 Å². The van der Waals surface area contributed by atoms with Crippen molar-refractivity contribution in [2.24, 2.45) is 7.05 Å². The molecule has 0 radical (unpaired) electrons. The molecule has 0 fully saturated rings. The lowest BCUT2D eigenvalue weighted by molar-refractivity contribution is 0.102. The Morgan fingerprint density at radius 1 is 1.20 bits per heavy atom. The zero-order valence-electron chi connectivity index (χ0n) is 11.4. The van der Waals surface area contributed by atoms with E-state index in [2.05, 4.69) is 10.3 Å². The second-order valence-corrected chi connectivity index (χ2v) is 4.82. The van der Waals surface area contributed by atoms with Crippen LogP contribution in [-0.2, 0) is 7.05 Å². The minimum absolute atomic E-state index is 0.130. The van der Waals surface area contributed by atoms with Crippen LogP contribution in [0.15, 0.2) is 48.7 Å². The molecule has 4 nitrogen and oxygen atoms in total. The third kappa shape index (κ3) is 2.16. The Bertz CT molecular complexity index is 772. The Labute approximate surface area is 117 Å². The molecule has 20 heavy (non-hydrogen) atoms. The van der Waals surface area contributed by atoms with Gasteiger partial charge in [0.1, 0.15) is 5.69 Å². The summed E-state index contributed by atoms with van der Waals surface area (Å²) in [5, 5.41) is 2.90. The number of amides is 1. The summed E-state index contributed by atoms with van der Waals surface area (Å²) in [6.45, 7) is 2.02. The van der Waals surface area contributed by atoms with Crippen molar-refractivity contribution in [1.82, 2.24) is 9.55 Å². The highest BCUT2D eigenvalue weighted by molar-refractivity contribution is 6.05. The van der Waals surface area contributed by atoms with Crippen LogP contribution in [0.3, 0.4) is 0 Å². The van der Waals surface area contributed by atoms with E-state index in [0.717, 1.165) is 22.3 Å². The summed E-state index contributed by atoms with van der Waals surface area (Å²) in [6.07, 6.45) is 1.73. The molecule has 1 aromatic carbocycles. The molecule has 0 aliphatic rings. The Hall–Kier alpha value is -2.62. The van der Waals surface area contributed by atoms with E-state index < -0.39 is 0 Å². The van der Waals surface area contributed by atoms with E-state index in [0.29, 0.717) is 5.69 Å². The quantitative estimate of drug-likeness (QED) is 0.773. The highest BCUT2D eigenvalue weighted by Crippen LogP contribution is 2.17. The number of benzene rings is 1. The fourth-order valence-corrected chi connectivity index (χ4v) is 2.21. The first kappa shape index (κ1) is 12.4. The van der Waals surface area contributed by atoms with Gasteiger partial charge < -0.3 is 9.88 Å². The molecule has 0 bridgehead atoms. The molecule has 2 aromatic heterocycles. The molecular formula is C16H15N3O. The van der Waals surface area contributed by atoms with Crippen molar-refractivity contribution < 1.29 is 4.79 Å². The number of aromatic nitrogens is 2. The molecule has 1 amide bonds. The first-order valence-electron chi connectivity index (χ1n) is 6.43. The summed E-state index contributed by atoms with van der Waals surface area (Å²) in [5.41, 5.74) is 4.32. The van der Waals surface area contributed by atoms with Gasteiger partial charge in [0, 0.05) is 18.9 Å². The van der Waals surface area contributed by atoms with Crippen molar-refractivity contribution in [3.05, 3.63) is 59.9 Å². The number of nitrogens with one attached hydrogen (secondary N) is 1. The van der Waals surface area contributed by atoms with Crippen LogP contribution in [0.5, 0.6) is 0 Å². The van der Waals surface area contributed by atoms with Gasteiger partial charge in [0.25, 0.3) is 5.91 Å². The van der Waals surface area contributed by atoms with E-state index in [4.69, 9.17) is 0 Å². The molecule has 3 aromatic rings. The molecule has 4 heteroatoms. The molecule has 0 atom stereocenters. The summed E-state index contributed by atoms with van der Waals surface area (Å²) in [5.74, 6) is -0.130. The molecular weight excluding hydrogens is 250 g/mol. The number of nitrogens with zero attached hydrogens (tertiary/aromatic N) is 2. The standard InChI is InChI=1S/C16H15N3O/c1-11-5-7-12(8-6-11)18-16(20)15-10-13-14(19(15)2)4-3-9-17-13/h3-10H,1-2H3,(H,18,20). The van der Waals surface area contributed by atoms with Crippen molar-refractivity contribution in [2.45, 2.75) is 6.92 Å². The maximum atomic E-state index is 12.3. The number of carbonyl (C=O) groups is 1. The first-order valence-corrected chi connectivity index (χ1v) is 6.43. The molecule has 0 aliphatic carbocycles. The Morgan fingerprint density at radius 3 is 2.65 bits per heavy atom. The number of fused-ring (bicyclic) bond motifs is 1. The zero-order valence-corrected chi connectivity index (χ0v) is 11.4. The molecule has 1 N–H and O–H groups in total. The number of aryl methyl sites for hydroxylation is 2. The molecule has 0 unspecified atom stereocenters. The predicted molar refractivity (Wildman–Crippen MR) is 79.8 cm³/mol. The lowest BCUT2D eigenvalue weighted by Crippen LogP contribution is -2.15. The highest BCUT2D eigenvalue weighted by Gasteiger charge is 2.13. The van der Waals surface area contributed by atoms with E-state index >= 15 is 0 Å². The van der Waals surface area contributed by atoms with Crippen LogP contribution in [0.1, 0.15) is 16.1 Å². The smallest absolute Gasteiger partial charge is 0.272 e. The molecule has 3 rings (SSSR count). The van der Waals surface area contributed by atoms with E-state index in [9.17, 15) is 4.79 Å². The summed E-state index contributed by atoms with van der Waals surface area (Å²) in [7, 11) is 1.87. The zero-order chi connectivity index (χ0) is 14.1. The SMILES string of the molecule is Cc1ccc(NC(=O)c2cc3ncccc3n2C)cc1. The van der Waals surface area contributed by atoms with E-state index in [1.165, 1.54) is 0 Å². The summed E-state index contributed by atoms with van der Waals surface area (Å²) in [6, 6.07) is 13.4. The van der Waals surface area contributed by atoms with Crippen LogP contribution in [-0.4, -0.2) is 15.5 Å². The van der Waals surface area contributed by atoms with E-state index in [1.807, 2.05) is 54.9 Å². The molecule has 0 spiro atoms. The molecule has 0 aliphatic heterocycles. The number of pyridine rings is 1. The van der Waals surface area contributed by atoms with Gasteiger partial charge in [0.2, 0.25) is 0 Å². The third-order valence-corrected chi connectivity index (χ3v) is 3.35. The van der Waals surface area contributed by atoms with Gasteiger partial charge in [-0.1, -0.05) is 17.7 Å². The number of anilines is 1. The Balaban J connectivity index is 1.92. The molecule has 0 saturated heterocycles. The van der Waals surface area contributed by atoms with Crippen LogP contribution in [0.2, 0.25) is 0 Å². The summed E-state index contributed by atoms with van der Waals surface area (Å²) < 4.78 is 1.85. The summed E-state index contributed by atoms with van der Waals surface area (Å²) >= 11 is 0. The van der Waals surface area contributed by atoms with E-state index in [-0.39, 0.29) is 5.91 Å². The number of hydrogen-bond donors (Lipinski definition) is 1. The van der Waals surface area contributed by atoms with Crippen LogP contribution in [0, 0.1) is 6.92 Å². The average molecular weight is 265 g/mol. The van der Waals surface area contributed by atoms with Crippen LogP contribution in [0.4, 0.5) is 5.69 Å². The monoisotopic (exact) mass is 265 g/mol. The Kier molecular flexibility index (Phi) is 2.99. The normalized spacial score (nSPS) is 10.7. The summed E-state index contributed by atoms with van der Waals surface area (Å²) in [4.78, 5) is 16.6. The maximum absolute atomic E-state index is 12.3. The van der Waals surface area contributed by atoms with Gasteiger partial charge in [-0.25, -0.2) is 0 Å².